The normalized spacial score (nSPS) is 11.7. The lowest BCUT2D eigenvalue weighted by atomic mass is 10.1. The van der Waals surface area contributed by atoms with Crippen LogP contribution < -0.4 is 10.9 Å². The van der Waals surface area contributed by atoms with E-state index < -0.39 is 0 Å². The van der Waals surface area contributed by atoms with Crippen LogP contribution in [-0.4, -0.2) is 20.6 Å². The van der Waals surface area contributed by atoms with Crippen molar-refractivity contribution in [1.29, 1.82) is 0 Å². The van der Waals surface area contributed by atoms with Crippen molar-refractivity contribution < 1.29 is 4.39 Å². The van der Waals surface area contributed by atoms with Crippen molar-refractivity contribution in [2.24, 2.45) is 0 Å². The molecule has 28 heavy (non-hydrogen) atoms. The molecule has 1 N–H and O–H groups in total. The minimum Gasteiger partial charge on any atom is -0.353 e. The third kappa shape index (κ3) is 2.86. The number of aryl methyl sites for hydroxylation is 3. The Morgan fingerprint density at radius 1 is 1.07 bits per heavy atom. The van der Waals surface area contributed by atoms with Gasteiger partial charge in [-0.05, 0) is 64.4 Å². The van der Waals surface area contributed by atoms with Crippen molar-refractivity contribution in [1.82, 2.24) is 14.5 Å². The summed E-state index contributed by atoms with van der Waals surface area (Å²) < 4.78 is 14.9. The van der Waals surface area contributed by atoms with Crippen molar-refractivity contribution in [3.05, 3.63) is 56.6 Å². The van der Waals surface area contributed by atoms with E-state index in [1.807, 2.05) is 27.7 Å². The molecule has 0 saturated heterocycles. The minimum atomic E-state index is -0.354. The summed E-state index contributed by atoms with van der Waals surface area (Å²) in [6.07, 6.45) is 0. The molecule has 0 spiro atoms. The minimum absolute atomic E-state index is 0.0692. The predicted octanol–water partition coefficient (Wildman–Crippen LogP) is 4.88. The molecule has 0 amide bonds. The Morgan fingerprint density at radius 2 is 1.75 bits per heavy atom. The van der Waals surface area contributed by atoms with Crippen LogP contribution in [0.15, 0.2) is 29.1 Å². The van der Waals surface area contributed by atoms with Crippen LogP contribution in [0.2, 0.25) is 0 Å². The maximum absolute atomic E-state index is 13.6. The van der Waals surface area contributed by atoms with Gasteiger partial charge in [0.1, 0.15) is 10.6 Å². The Balaban J connectivity index is 2.17. The van der Waals surface area contributed by atoms with Crippen LogP contribution in [-0.2, 0) is 0 Å². The topological polar surface area (TPSA) is 59.8 Å². The first-order valence-electron chi connectivity index (χ1n) is 9.13. The number of rotatable bonds is 3. The maximum atomic E-state index is 13.6. The van der Waals surface area contributed by atoms with E-state index in [1.54, 1.807) is 23.5 Å². The van der Waals surface area contributed by atoms with E-state index >= 15 is 0 Å². The third-order valence-corrected chi connectivity index (χ3v) is 5.92. The number of fused-ring (bicyclic) bond motifs is 3. The van der Waals surface area contributed by atoms with Crippen LogP contribution in [0.1, 0.15) is 30.0 Å². The summed E-state index contributed by atoms with van der Waals surface area (Å²) >= 11 is 1.61. The molecule has 1 aromatic carbocycles. The number of thiophene rings is 1. The van der Waals surface area contributed by atoms with Crippen LogP contribution in [0.5, 0.6) is 0 Å². The van der Waals surface area contributed by atoms with Crippen LogP contribution in [0.3, 0.4) is 0 Å². The average molecular weight is 396 g/mol. The van der Waals surface area contributed by atoms with E-state index in [9.17, 15) is 9.18 Å². The van der Waals surface area contributed by atoms with Gasteiger partial charge in [-0.3, -0.25) is 4.79 Å². The van der Waals surface area contributed by atoms with Crippen LogP contribution in [0, 0.1) is 26.6 Å². The molecule has 0 unspecified atom stereocenters. The molecule has 3 heterocycles. The molecule has 0 aliphatic carbocycles. The SMILES string of the molecule is Cc1sc2nc(C)c3c(=O)n(-c4ccc(F)cc4)c(NC(C)C)nc3c2c1C. The van der Waals surface area contributed by atoms with E-state index in [4.69, 9.17) is 4.98 Å². The van der Waals surface area contributed by atoms with E-state index in [0.29, 0.717) is 28.2 Å². The van der Waals surface area contributed by atoms with Gasteiger partial charge < -0.3 is 5.32 Å². The van der Waals surface area contributed by atoms with Crippen LogP contribution in [0.4, 0.5) is 10.3 Å². The molecule has 0 fully saturated rings. The number of pyridine rings is 1. The van der Waals surface area contributed by atoms with Crippen molar-refractivity contribution >= 4 is 38.4 Å². The fraction of sp³-hybridized carbons (Fsp3) is 0.286. The number of nitrogens with one attached hydrogen (secondary N) is 1. The number of halogens is 1. The molecule has 3 aromatic heterocycles. The van der Waals surface area contributed by atoms with E-state index in [2.05, 4.69) is 17.2 Å². The molecule has 7 heteroatoms. The highest BCUT2D eigenvalue weighted by Gasteiger charge is 2.20. The summed E-state index contributed by atoms with van der Waals surface area (Å²) in [5.41, 5.74) is 2.75. The Bertz CT molecular complexity index is 1270. The summed E-state index contributed by atoms with van der Waals surface area (Å²) in [5.74, 6) is 0.0853. The van der Waals surface area contributed by atoms with E-state index in [1.165, 1.54) is 16.7 Å². The first-order chi connectivity index (χ1) is 13.3. The predicted molar refractivity (Wildman–Crippen MR) is 113 cm³/mol. The van der Waals surface area contributed by atoms with E-state index in [-0.39, 0.29) is 17.4 Å². The average Bonchev–Trinajstić information content (AvgIpc) is 2.89. The molecule has 0 bridgehead atoms. The smallest absolute Gasteiger partial charge is 0.269 e. The van der Waals surface area contributed by atoms with Crippen LogP contribution in [0.25, 0.3) is 26.8 Å². The first-order valence-corrected chi connectivity index (χ1v) is 9.95. The Kier molecular flexibility index (Phi) is 4.42. The molecule has 0 aliphatic rings. The lowest BCUT2D eigenvalue weighted by molar-refractivity contribution is 0.627. The molecule has 0 radical (unpaired) electrons. The van der Waals surface area contributed by atoms with Gasteiger partial charge in [0.2, 0.25) is 5.95 Å². The largest absolute Gasteiger partial charge is 0.353 e. The molecule has 0 aliphatic heterocycles. The first kappa shape index (κ1) is 18.6. The van der Waals surface area contributed by atoms with Gasteiger partial charge in [-0.1, -0.05) is 0 Å². The monoisotopic (exact) mass is 396 g/mol. The maximum Gasteiger partial charge on any atom is 0.269 e. The van der Waals surface area contributed by atoms with Gasteiger partial charge >= 0.3 is 0 Å². The fourth-order valence-corrected chi connectivity index (χ4v) is 4.47. The zero-order chi connectivity index (χ0) is 20.2. The Labute approximate surface area is 165 Å². The molecular formula is C21H21FN4OS. The van der Waals surface area contributed by atoms with Gasteiger partial charge in [-0.15, -0.1) is 11.3 Å². The van der Waals surface area contributed by atoms with Gasteiger partial charge in [0.25, 0.3) is 5.56 Å². The molecule has 4 rings (SSSR count). The Morgan fingerprint density at radius 3 is 2.39 bits per heavy atom. The zero-order valence-corrected chi connectivity index (χ0v) is 17.2. The molecule has 144 valence electrons. The van der Waals surface area contributed by atoms with Gasteiger partial charge in [0, 0.05) is 16.3 Å². The van der Waals surface area contributed by atoms with Crippen LogP contribution >= 0.6 is 11.3 Å². The summed E-state index contributed by atoms with van der Waals surface area (Å²) in [6.45, 7) is 9.89. The molecular weight excluding hydrogens is 375 g/mol. The highest BCUT2D eigenvalue weighted by atomic mass is 32.1. The van der Waals surface area contributed by atoms with E-state index in [0.717, 1.165) is 20.7 Å². The third-order valence-electron chi connectivity index (χ3n) is 4.82. The van der Waals surface area contributed by atoms with Crippen molar-refractivity contribution in [2.75, 3.05) is 5.32 Å². The number of benzene rings is 1. The molecule has 4 aromatic rings. The zero-order valence-electron chi connectivity index (χ0n) is 16.4. The fourth-order valence-electron chi connectivity index (χ4n) is 3.39. The lowest BCUT2D eigenvalue weighted by Crippen LogP contribution is -2.26. The van der Waals surface area contributed by atoms with Gasteiger partial charge in [-0.2, -0.15) is 0 Å². The number of hydrogen-bond acceptors (Lipinski definition) is 5. The lowest BCUT2D eigenvalue weighted by Gasteiger charge is -2.17. The second kappa shape index (κ2) is 6.67. The van der Waals surface area contributed by atoms with Gasteiger partial charge in [0.15, 0.2) is 0 Å². The summed E-state index contributed by atoms with van der Waals surface area (Å²) in [6, 6.07) is 5.91. The summed E-state index contributed by atoms with van der Waals surface area (Å²) in [5, 5.41) is 4.69. The highest BCUT2D eigenvalue weighted by molar-refractivity contribution is 7.18. The Hall–Kier alpha value is -2.80. The van der Waals surface area contributed by atoms with Crippen molar-refractivity contribution in [3.8, 4) is 5.69 Å². The number of aromatic nitrogens is 3. The van der Waals surface area contributed by atoms with Gasteiger partial charge in [0.05, 0.1) is 22.3 Å². The van der Waals surface area contributed by atoms with Crippen molar-refractivity contribution in [2.45, 2.75) is 40.7 Å². The second-order valence-electron chi connectivity index (χ2n) is 7.24. The molecule has 0 saturated carbocycles. The standard InChI is InChI=1S/C21H21FN4OS/c1-10(2)23-21-25-18-16-11(3)13(5)28-19(16)24-12(4)17(18)20(27)26(21)15-8-6-14(22)7-9-15/h6-10H,1-5H3,(H,23,25). The quantitative estimate of drug-likeness (QED) is 0.536. The van der Waals surface area contributed by atoms with Gasteiger partial charge in [-0.25, -0.2) is 18.9 Å². The summed E-state index contributed by atoms with van der Waals surface area (Å²) in [4.78, 5) is 25.1. The molecule has 5 nitrogen and oxygen atoms in total. The number of anilines is 1. The number of hydrogen-bond donors (Lipinski definition) is 1. The second-order valence-corrected chi connectivity index (χ2v) is 8.44. The number of nitrogens with zero attached hydrogens (tertiary/aromatic N) is 3. The highest BCUT2D eigenvalue weighted by Crippen LogP contribution is 2.34. The summed E-state index contributed by atoms with van der Waals surface area (Å²) in [7, 11) is 0. The van der Waals surface area contributed by atoms with Crippen molar-refractivity contribution in [3.63, 3.8) is 0 Å². The molecule has 0 atom stereocenters.